The molecule has 0 fully saturated rings. The molecule has 1 aromatic heterocycles. The van der Waals surface area contributed by atoms with E-state index in [4.69, 9.17) is 9.84 Å². The molecule has 4 nitrogen and oxygen atoms in total. The minimum absolute atomic E-state index is 0.282. The molecule has 0 radical (unpaired) electrons. The summed E-state index contributed by atoms with van der Waals surface area (Å²) in [7, 11) is 0. The van der Waals surface area contributed by atoms with Crippen LogP contribution in [0.5, 0.6) is 5.75 Å². The number of pyridine rings is 1. The maximum absolute atomic E-state index is 10.9. The van der Waals surface area contributed by atoms with Crippen molar-refractivity contribution >= 4 is 29.0 Å². The van der Waals surface area contributed by atoms with Crippen LogP contribution in [0.2, 0.25) is 0 Å². The molecule has 0 atom stereocenters. The summed E-state index contributed by atoms with van der Waals surface area (Å²) in [5.74, 6) is -0.141. The van der Waals surface area contributed by atoms with Gasteiger partial charge in [-0.15, -0.1) is 0 Å². The van der Waals surface area contributed by atoms with Crippen LogP contribution in [-0.2, 0) is 6.61 Å². The summed E-state index contributed by atoms with van der Waals surface area (Å²) in [5.41, 5.74) is 4.11. The minimum Gasteiger partial charge on any atom is -0.487 e. The largest absolute Gasteiger partial charge is 0.487 e. The molecule has 142 valence electrons. The Labute approximate surface area is 168 Å². The van der Waals surface area contributed by atoms with Gasteiger partial charge in [0.05, 0.1) is 16.8 Å². The Morgan fingerprint density at radius 3 is 2.17 bits per heavy atom. The van der Waals surface area contributed by atoms with E-state index in [0.717, 1.165) is 33.5 Å². The molecule has 0 saturated heterocycles. The summed E-state index contributed by atoms with van der Waals surface area (Å²) < 4.78 is 5.85. The molecular formula is C25H19NO3. The molecule has 3 aromatic carbocycles. The van der Waals surface area contributed by atoms with E-state index in [1.807, 2.05) is 66.7 Å². The molecule has 0 saturated carbocycles. The molecule has 0 aliphatic heterocycles. The fourth-order valence-corrected chi connectivity index (χ4v) is 2.95. The van der Waals surface area contributed by atoms with E-state index in [-0.39, 0.29) is 5.56 Å². The lowest BCUT2D eigenvalue weighted by molar-refractivity contribution is 0.0697. The highest BCUT2D eigenvalue weighted by molar-refractivity contribution is 5.88. The molecule has 0 spiro atoms. The summed E-state index contributed by atoms with van der Waals surface area (Å²) in [5, 5.41) is 10.1. The number of rotatable bonds is 6. The van der Waals surface area contributed by atoms with Crippen LogP contribution in [0.15, 0.2) is 84.9 Å². The third kappa shape index (κ3) is 4.68. The van der Waals surface area contributed by atoms with Gasteiger partial charge in [-0.1, -0.05) is 60.7 Å². The van der Waals surface area contributed by atoms with E-state index in [2.05, 4.69) is 11.1 Å². The quantitative estimate of drug-likeness (QED) is 0.436. The molecule has 1 heterocycles. The topological polar surface area (TPSA) is 59.4 Å². The van der Waals surface area contributed by atoms with Crippen molar-refractivity contribution in [3.8, 4) is 5.75 Å². The molecule has 4 aromatic rings. The van der Waals surface area contributed by atoms with Crippen molar-refractivity contribution in [2.45, 2.75) is 6.61 Å². The van der Waals surface area contributed by atoms with Crippen molar-refractivity contribution in [2.75, 3.05) is 0 Å². The average molecular weight is 381 g/mol. The Hall–Kier alpha value is -3.92. The van der Waals surface area contributed by atoms with Crippen molar-refractivity contribution in [3.63, 3.8) is 0 Å². The first-order chi connectivity index (χ1) is 14.2. The van der Waals surface area contributed by atoms with E-state index >= 15 is 0 Å². The van der Waals surface area contributed by atoms with Crippen molar-refractivity contribution < 1.29 is 14.6 Å². The van der Waals surface area contributed by atoms with Crippen molar-refractivity contribution in [1.29, 1.82) is 0 Å². The van der Waals surface area contributed by atoms with Crippen molar-refractivity contribution in [2.24, 2.45) is 0 Å². The smallest absolute Gasteiger partial charge is 0.335 e. The Bertz CT molecular complexity index is 1160. The third-order valence-electron chi connectivity index (χ3n) is 4.55. The van der Waals surface area contributed by atoms with Gasteiger partial charge in [0.2, 0.25) is 0 Å². The summed E-state index contributed by atoms with van der Waals surface area (Å²) in [6.07, 6.45) is 3.92. The highest BCUT2D eigenvalue weighted by Crippen LogP contribution is 2.17. The number of hydrogen-bond acceptors (Lipinski definition) is 3. The lowest BCUT2D eigenvalue weighted by atomic mass is 10.1. The van der Waals surface area contributed by atoms with Gasteiger partial charge in [-0.2, -0.15) is 0 Å². The summed E-state index contributed by atoms with van der Waals surface area (Å²) in [6, 6.07) is 26.6. The molecule has 1 N–H and O–H groups in total. The first-order valence-corrected chi connectivity index (χ1v) is 9.26. The van der Waals surface area contributed by atoms with Gasteiger partial charge in [0, 0.05) is 5.39 Å². The Balaban J connectivity index is 1.37. The first-order valence-electron chi connectivity index (χ1n) is 9.26. The van der Waals surface area contributed by atoms with Gasteiger partial charge in [0.1, 0.15) is 12.4 Å². The zero-order chi connectivity index (χ0) is 20.1. The highest BCUT2D eigenvalue weighted by Gasteiger charge is 2.01. The maximum Gasteiger partial charge on any atom is 0.335 e. The fraction of sp³-hybridized carbons (Fsp3) is 0.0400. The predicted octanol–water partition coefficient (Wildman–Crippen LogP) is 5.68. The van der Waals surface area contributed by atoms with Crippen LogP contribution in [0.4, 0.5) is 0 Å². The number of carboxylic acids is 1. The molecule has 0 bridgehead atoms. The van der Waals surface area contributed by atoms with Gasteiger partial charge in [-0.25, -0.2) is 9.78 Å². The van der Waals surface area contributed by atoms with Crippen LogP contribution in [0.3, 0.4) is 0 Å². The van der Waals surface area contributed by atoms with Gasteiger partial charge >= 0.3 is 5.97 Å². The molecule has 0 aliphatic rings. The van der Waals surface area contributed by atoms with E-state index in [1.165, 1.54) is 0 Å². The van der Waals surface area contributed by atoms with Crippen LogP contribution in [0.1, 0.15) is 27.2 Å². The molecule has 0 unspecified atom stereocenters. The lowest BCUT2D eigenvalue weighted by Gasteiger charge is -2.07. The molecule has 0 amide bonds. The number of carbonyl (C=O) groups is 1. The van der Waals surface area contributed by atoms with Gasteiger partial charge in [0.15, 0.2) is 0 Å². The number of aromatic carboxylic acids is 1. The number of nitrogens with zero attached hydrogens (tertiary/aromatic N) is 1. The highest BCUT2D eigenvalue weighted by atomic mass is 16.5. The fourth-order valence-electron chi connectivity index (χ4n) is 2.95. The second-order valence-corrected chi connectivity index (χ2v) is 6.61. The Kier molecular flexibility index (Phi) is 5.34. The number of carboxylic acid groups (broad SMARTS) is 1. The lowest BCUT2D eigenvalue weighted by Crippen LogP contribution is -1.98. The van der Waals surface area contributed by atoms with Crippen LogP contribution in [-0.4, -0.2) is 16.1 Å². The predicted molar refractivity (Wildman–Crippen MR) is 115 cm³/mol. The molecule has 4 rings (SSSR count). The Morgan fingerprint density at radius 1 is 0.828 bits per heavy atom. The van der Waals surface area contributed by atoms with Gasteiger partial charge in [0.25, 0.3) is 0 Å². The number of hydrogen-bond donors (Lipinski definition) is 1. The van der Waals surface area contributed by atoms with Crippen molar-refractivity contribution in [1.82, 2.24) is 4.98 Å². The maximum atomic E-state index is 10.9. The van der Waals surface area contributed by atoms with Crippen molar-refractivity contribution in [3.05, 3.63) is 107 Å². The Morgan fingerprint density at radius 2 is 1.48 bits per heavy atom. The third-order valence-corrected chi connectivity index (χ3v) is 4.55. The SMILES string of the molecule is O=C(O)c1ccc(C=Cc2ccc(OCc3ccc4ccccc4n3)cc2)cc1. The zero-order valence-corrected chi connectivity index (χ0v) is 15.7. The second-order valence-electron chi connectivity index (χ2n) is 6.61. The summed E-state index contributed by atoms with van der Waals surface area (Å²) >= 11 is 0. The molecule has 29 heavy (non-hydrogen) atoms. The van der Waals surface area contributed by atoms with Crippen LogP contribution in [0, 0.1) is 0 Å². The van der Waals surface area contributed by atoms with Gasteiger partial charge in [-0.05, 0) is 47.5 Å². The average Bonchev–Trinajstić information content (AvgIpc) is 2.77. The monoisotopic (exact) mass is 381 g/mol. The van der Waals surface area contributed by atoms with Gasteiger partial charge < -0.3 is 9.84 Å². The van der Waals surface area contributed by atoms with E-state index in [9.17, 15) is 4.79 Å². The molecule has 0 aliphatic carbocycles. The van der Waals surface area contributed by atoms with E-state index in [0.29, 0.717) is 6.61 Å². The zero-order valence-electron chi connectivity index (χ0n) is 15.7. The number of fused-ring (bicyclic) bond motifs is 1. The van der Waals surface area contributed by atoms with E-state index in [1.54, 1.807) is 24.3 Å². The summed E-state index contributed by atoms with van der Waals surface area (Å²) in [6.45, 7) is 0.413. The standard InChI is InChI=1S/C25H19NO3/c27-25(28)21-11-7-18(8-12-21)5-6-19-9-15-23(16-10-19)29-17-22-14-13-20-3-1-2-4-24(20)26-22/h1-16H,17H2,(H,27,28). The van der Waals surface area contributed by atoms with Crippen LogP contribution in [0.25, 0.3) is 23.1 Å². The van der Waals surface area contributed by atoms with Crippen LogP contribution >= 0.6 is 0 Å². The number of ether oxygens (including phenoxy) is 1. The normalized spacial score (nSPS) is 11.0. The number of benzene rings is 3. The molecule has 4 heteroatoms. The minimum atomic E-state index is -0.921. The first kappa shape index (κ1) is 18.4. The van der Waals surface area contributed by atoms with E-state index < -0.39 is 5.97 Å². The number of aromatic nitrogens is 1. The van der Waals surface area contributed by atoms with Gasteiger partial charge in [-0.3, -0.25) is 0 Å². The molecular weight excluding hydrogens is 362 g/mol. The summed E-state index contributed by atoms with van der Waals surface area (Å²) in [4.78, 5) is 15.5. The second kappa shape index (κ2) is 8.40. The van der Waals surface area contributed by atoms with Crippen LogP contribution < -0.4 is 4.74 Å². The number of para-hydroxylation sites is 1.